The first-order valence-corrected chi connectivity index (χ1v) is 7.84. The van der Waals surface area contributed by atoms with Gasteiger partial charge in [0.25, 0.3) is 0 Å². The summed E-state index contributed by atoms with van der Waals surface area (Å²) in [5, 5.41) is 3.43. The summed E-state index contributed by atoms with van der Waals surface area (Å²) in [5.74, 6) is 0. The van der Waals surface area contributed by atoms with Gasteiger partial charge in [0.2, 0.25) is 10.0 Å². The highest BCUT2D eigenvalue weighted by Crippen LogP contribution is 2.21. The van der Waals surface area contributed by atoms with E-state index in [1.807, 2.05) is 6.07 Å². The van der Waals surface area contributed by atoms with Crippen LogP contribution in [0.3, 0.4) is 0 Å². The Morgan fingerprint density at radius 3 is 2.56 bits per heavy atom. The molecule has 2 rings (SSSR count). The Labute approximate surface area is 109 Å². The Morgan fingerprint density at radius 2 is 2.00 bits per heavy atom. The molecule has 1 aliphatic rings. The van der Waals surface area contributed by atoms with Crippen molar-refractivity contribution in [2.45, 2.75) is 43.7 Å². The lowest BCUT2D eigenvalue weighted by Crippen LogP contribution is -2.20. The Hall–Kier alpha value is -0.910. The minimum absolute atomic E-state index is 0.342. The fourth-order valence-corrected chi connectivity index (χ4v) is 2.72. The van der Waals surface area contributed by atoms with Gasteiger partial charge in [-0.3, -0.25) is 0 Å². The highest BCUT2D eigenvalue weighted by Gasteiger charge is 2.21. The fraction of sp³-hybridized carbons (Fsp3) is 0.538. The van der Waals surface area contributed by atoms with E-state index in [2.05, 4.69) is 17.0 Å². The zero-order chi connectivity index (χ0) is 13.2. The predicted molar refractivity (Wildman–Crippen MR) is 71.9 cm³/mol. The summed E-state index contributed by atoms with van der Waals surface area (Å²) in [5.41, 5.74) is 2.29. The molecule has 0 heterocycles. The van der Waals surface area contributed by atoms with Gasteiger partial charge in [0.05, 0.1) is 4.90 Å². The largest absolute Gasteiger partial charge is 0.310 e. The van der Waals surface area contributed by atoms with Gasteiger partial charge in [0, 0.05) is 12.6 Å². The summed E-state index contributed by atoms with van der Waals surface area (Å²) in [6.07, 6.45) is 3.38. The van der Waals surface area contributed by atoms with Crippen molar-refractivity contribution in [2.75, 3.05) is 7.05 Å². The van der Waals surface area contributed by atoms with Crippen LogP contribution >= 0.6 is 0 Å². The van der Waals surface area contributed by atoms with Crippen molar-refractivity contribution in [1.82, 2.24) is 10.0 Å². The molecule has 1 fully saturated rings. The number of nitrogens with one attached hydrogen (secondary N) is 2. The first kappa shape index (κ1) is 13.5. The Balaban J connectivity index is 2.25. The summed E-state index contributed by atoms with van der Waals surface area (Å²) in [6, 6.07) is 5.98. The second-order valence-electron chi connectivity index (χ2n) is 4.65. The lowest BCUT2D eigenvalue weighted by atomic mass is 10.1. The summed E-state index contributed by atoms with van der Waals surface area (Å²) in [4.78, 5) is 0.342. The maximum Gasteiger partial charge on any atom is 0.240 e. The van der Waals surface area contributed by atoms with Crippen LogP contribution in [-0.2, 0) is 23.0 Å². The van der Waals surface area contributed by atoms with Crippen molar-refractivity contribution >= 4 is 10.0 Å². The molecule has 0 saturated heterocycles. The van der Waals surface area contributed by atoms with Crippen molar-refractivity contribution in [3.8, 4) is 0 Å². The van der Waals surface area contributed by atoms with E-state index in [-0.39, 0.29) is 0 Å². The highest BCUT2D eigenvalue weighted by molar-refractivity contribution is 7.89. The van der Waals surface area contributed by atoms with Gasteiger partial charge in [-0.2, -0.15) is 0 Å². The van der Waals surface area contributed by atoms with Crippen molar-refractivity contribution in [3.63, 3.8) is 0 Å². The first-order valence-electron chi connectivity index (χ1n) is 6.35. The van der Waals surface area contributed by atoms with Crippen molar-refractivity contribution < 1.29 is 8.42 Å². The second kappa shape index (κ2) is 5.38. The van der Waals surface area contributed by atoms with Gasteiger partial charge in [0.15, 0.2) is 0 Å². The van der Waals surface area contributed by atoms with Crippen molar-refractivity contribution in [2.24, 2.45) is 0 Å². The zero-order valence-electron chi connectivity index (χ0n) is 10.9. The molecule has 2 N–H and O–H groups in total. The summed E-state index contributed by atoms with van der Waals surface area (Å²) < 4.78 is 25.9. The quantitative estimate of drug-likeness (QED) is 0.820. The van der Waals surface area contributed by atoms with E-state index in [0.29, 0.717) is 10.9 Å². The number of rotatable bonds is 6. The van der Waals surface area contributed by atoms with Crippen LogP contribution in [0.4, 0.5) is 0 Å². The second-order valence-corrected chi connectivity index (χ2v) is 6.53. The average Bonchev–Trinajstić information content (AvgIpc) is 3.20. The Bertz CT molecular complexity index is 522. The van der Waals surface area contributed by atoms with Crippen LogP contribution in [0, 0.1) is 0 Å². The number of aryl methyl sites for hydroxylation is 1. The molecule has 1 aromatic carbocycles. The van der Waals surface area contributed by atoms with Crippen molar-refractivity contribution in [1.29, 1.82) is 0 Å². The third kappa shape index (κ3) is 3.10. The summed E-state index contributed by atoms with van der Waals surface area (Å²) in [7, 11) is -1.91. The predicted octanol–water partition coefficient (Wildman–Crippen LogP) is 1.41. The standard InChI is InChI=1S/C13H20N2O2S/c1-3-10-4-7-13(18(16,17)14-2)8-11(10)9-15-12-5-6-12/h4,7-8,12,14-15H,3,5-6,9H2,1-2H3. The van der Waals surface area contributed by atoms with Crippen LogP contribution in [0.25, 0.3) is 0 Å². The van der Waals surface area contributed by atoms with E-state index in [1.54, 1.807) is 12.1 Å². The van der Waals surface area contributed by atoms with Crippen LogP contribution in [0.2, 0.25) is 0 Å². The molecule has 18 heavy (non-hydrogen) atoms. The Morgan fingerprint density at radius 1 is 1.28 bits per heavy atom. The summed E-state index contributed by atoms with van der Waals surface area (Å²) >= 11 is 0. The number of hydrogen-bond donors (Lipinski definition) is 2. The first-order chi connectivity index (χ1) is 8.56. The molecular weight excluding hydrogens is 248 g/mol. The van der Waals surface area contributed by atoms with Crippen LogP contribution < -0.4 is 10.0 Å². The molecule has 100 valence electrons. The molecule has 1 aromatic rings. The van der Waals surface area contributed by atoms with Gasteiger partial charge >= 0.3 is 0 Å². The van der Waals surface area contributed by atoms with Gasteiger partial charge in [-0.25, -0.2) is 13.1 Å². The van der Waals surface area contributed by atoms with E-state index >= 15 is 0 Å². The van der Waals surface area contributed by atoms with E-state index < -0.39 is 10.0 Å². The molecule has 0 aliphatic heterocycles. The molecule has 1 aliphatic carbocycles. The summed E-state index contributed by atoms with van der Waals surface area (Å²) in [6.45, 7) is 2.84. The van der Waals surface area contributed by atoms with Gasteiger partial charge in [-0.1, -0.05) is 13.0 Å². The maximum absolute atomic E-state index is 11.8. The molecule has 0 spiro atoms. The van der Waals surface area contributed by atoms with E-state index in [0.717, 1.165) is 18.5 Å². The number of hydrogen-bond acceptors (Lipinski definition) is 3. The van der Waals surface area contributed by atoms with Gasteiger partial charge in [-0.15, -0.1) is 0 Å². The third-order valence-corrected chi connectivity index (χ3v) is 4.71. The molecular formula is C13H20N2O2S. The number of benzene rings is 1. The molecule has 5 heteroatoms. The molecule has 0 amide bonds. The van der Waals surface area contributed by atoms with E-state index in [9.17, 15) is 8.42 Å². The smallest absolute Gasteiger partial charge is 0.240 e. The average molecular weight is 268 g/mol. The van der Waals surface area contributed by atoms with Gasteiger partial charge in [-0.05, 0) is 49.6 Å². The molecule has 0 bridgehead atoms. The van der Waals surface area contributed by atoms with Crippen LogP contribution in [-0.4, -0.2) is 21.5 Å². The lowest BCUT2D eigenvalue weighted by molar-refractivity contribution is 0.587. The van der Waals surface area contributed by atoms with Crippen LogP contribution in [0.15, 0.2) is 23.1 Å². The molecule has 0 unspecified atom stereocenters. The fourth-order valence-electron chi connectivity index (χ4n) is 1.94. The monoisotopic (exact) mass is 268 g/mol. The minimum Gasteiger partial charge on any atom is -0.310 e. The van der Waals surface area contributed by atoms with Crippen molar-refractivity contribution in [3.05, 3.63) is 29.3 Å². The highest BCUT2D eigenvalue weighted by atomic mass is 32.2. The number of sulfonamides is 1. The molecule has 0 aromatic heterocycles. The topological polar surface area (TPSA) is 58.2 Å². The maximum atomic E-state index is 11.8. The Kier molecular flexibility index (Phi) is 4.04. The molecule has 0 radical (unpaired) electrons. The lowest BCUT2D eigenvalue weighted by Gasteiger charge is -2.11. The third-order valence-electron chi connectivity index (χ3n) is 3.30. The molecule has 0 atom stereocenters. The van der Waals surface area contributed by atoms with E-state index in [4.69, 9.17) is 0 Å². The minimum atomic E-state index is -3.35. The SMILES string of the molecule is CCc1ccc(S(=O)(=O)NC)cc1CNC1CC1. The van der Waals surface area contributed by atoms with Crippen LogP contribution in [0.5, 0.6) is 0 Å². The van der Waals surface area contributed by atoms with Gasteiger partial charge < -0.3 is 5.32 Å². The molecule has 4 nitrogen and oxygen atoms in total. The molecule has 1 saturated carbocycles. The normalized spacial score (nSPS) is 15.9. The van der Waals surface area contributed by atoms with E-state index in [1.165, 1.54) is 25.5 Å². The zero-order valence-corrected chi connectivity index (χ0v) is 11.7. The van der Waals surface area contributed by atoms with Crippen LogP contribution in [0.1, 0.15) is 30.9 Å². The van der Waals surface area contributed by atoms with Gasteiger partial charge in [0.1, 0.15) is 0 Å².